The first-order valence-electron chi connectivity index (χ1n) is 10.6. The highest BCUT2D eigenvalue weighted by Gasteiger charge is 2.12. The summed E-state index contributed by atoms with van der Waals surface area (Å²) in [6, 6.07) is 18.8. The Hall–Kier alpha value is -4.59. The fourth-order valence-electron chi connectivity index (χ4n) is 3.30. The Morgan fingerprint density at radius 3 is 2.47 bits per heavy atom. The summed E-state index contributed by atoms with van der Waals surface area (Å²) in [4.78, 5) is 25.9. The highest BCUT2D eigenvalue weighted by Crippen LogP contribution is 2.21. The quantitative estimate of drug-likeness (QED) is 0.258. The van der Waals surface area contributed by atoms with Gasteiger partial charge < -0.3 is 16.4 Å². The number of nitrogens with zero attached hydrogens (tertiary/aromatic N) is 3. The van der Waals surface area contributed by atoms with Gasteiger partial charge in [0.2, 0.25) is 5.95 Å². The first-order chi connectivity index (χ1) is 16.4. The summed E-state index contributed by atoms with van der Waals surface area (Å²) in [7, 11) is 0. The number of anilines is 4. The minimum Gasteiger partial charge on any atom is -0.399 e. The third kappa shape index (κ3) is 5.60. The van der Waals surface area contributed by atoms with Crippen LogP contribution in [0.3, 0.4) is 0 Å². The molecule has 1 amide bonds. The minimum atomic E-state index is -0.327. The topological polar surface area (TPSA) is 105 Å². The highest BCUT2D eigenvalue weighted by molar-refractivity contribution is 6.06. The van der Waals surface area contributed by atoms with Crippen LogP contribution in [0.2, 0.25) is 0 Å². The smallest absolute Gasteiger partial charge is 0.256 e. The minimum absolute atomic E-state index is 0.307. The van der Waals surface area contributed by atoms with E-state index in [0.29, 0.717) is 39.8 Å². The lowest BCUT2D eigenvalue weighted by molar-refractivity contribution is 0.102. The lowest BCUT2D eigenvalue weighted by atomic mass is 10.1. The van der Waals surface area contributed by atoms with E-state index in [0.717, 1.165) is 11.3 Å². The van der Waals surface area contributed by atoms with E-state index in [2.05, 4.69) is 25.6 Å². The fourth-order valence-corrected chi connectivity index (χ4v) is 3.30. The van der Waals surface area contributed by atoms with Crippen molar-refractivity contribution in [1.29, 1.82) is 0 Å². The second-order valence-corrected chi connectivity index (χ2v) is 7.71. The van der Waals surface area contributed by atoms with Gasteiger partial charge in [-0.15, -0.1) is 0 Å². The SMILES string of the molecule is CC(=Nc1ccc(C)c(C(=O)Nc2cnc(Nc3cccc(N)c3)nc2)c1)c1cccc(F)c1. The van der Waals surface area contributed by atoms with Crippen LogP contribution < -0.4 is 16.4 Å². The monoisotopic (exact) mass is 454 g/mol. The molecule has 0 bridgehead atoms. The zero-order valence-corrected chi connectivity index (χ0v) is 18.7. The molecule has 0 spiro atoms. The van der Waals surface area contributed by atoms with Gasteiger partial charge in [0.25, 0.3) is 5.91 Å². The number of rotatable bonds is 6. The molecule has 34 heavy (non-hydrogen) atoms. The average Bonchev–Trinajstić information content (AvgIpc) is 2.81. The third-order valence-electron chi connectivity index (χ3n) is 5.06. The number of amides is 1. The Morgan fingerprint density at radius 2 is 1.74 bits per heavy atom. The molecular weight excluding hydrogens is 431 g/mol. The zero-order valence-electron chi connectivity index (χ0n) is 18.7. The van der Waals surface area contributed by atoms with Gasteiger partial charge in [-0.05, 0) is 67.4 Å². The molecule has 0 saturated carbocycles. The summed E-state index contributed by atoms with van der Waals surface area (Å²) in [5, 5.41) is 5.86. The molecule has 0 fully saturated rings. The number of hydrogen-bond donors (Lipinski definition) is 3. The molecular formula is C26H23FN6O. The molecule has 1 aromatic heterocycles. The number of nitrogens with one attached hydrogen (secondary N) is 2. The van der Waals surface area contributed by atoms with Crippen molar-refractivity contribution < 1.29 is 9.18 Å². The molecule has 170 valence electrons. The number of nitrogens with two attached hydrogens (primary N) is 1. The van der Waals surface area contributed by atoms with Crippen molar-refractivity contribution in [3.63, 3.8) is 0 Å². The maximum atomic E-state index is 13.5. The van der Waals surface area contributed by atoms with E-state index in [1.165, 1.54) is 24.5 Å². The lowest BCUT2D eigenvalue weighted by Gasteiger charge is -2.10. The second kappa shape index (κ2) is 9.91. The van der Waals surface area contributed by atoms with Crippen LogP contribution in [0.4, 0.5) is 33.1 Å². The molecule has 4 N–H and O–H groups in total. The van der Waals surface area contributed by atoms with Crippen LogP contribution in [-0.2, 0) is 0 Å². The molecule has 0 saturated heterocycles. The molecule has 0 aliphatic rings. The molecule has 0 atom stereocenters. The number of nitrogen functional groups attached to an aromatic ring is 1. The van der Waals surface area contributed by atoms with Crippen molar-refractivity contribution in [3.05, 3.63) is 102 Å². The van der Waals surface area contributed by atoms with Crippen molar-refractivity contribution >= 4 is 40.3 Å². The number of halogens is 1. The van der Waals surface area contributed by atoms with Gasteiger partial charge in [-0.2, -0.15) is 0 Å². The normalized spacial score (nSPS) is 11.2. The van der Waals surface area contributed by atoms with E-state index in [1.54, 1.807) is 37.3 Å². The van der Waals surface area contributed by atoms with Gasteiger partial charge in [0.05, 0.1) is 23.8 Å². The van der Waals surface area contributed by atoms with Gasteiger partial charge in [0, 0.05) is 22.6 Å². The predicted molar refractivity (Wildman–Crippen MR) is 134 cm³/mol. The van der Waals surface area contributed by atoms with Crippen LogP contribution in [-0.4, -0.2) is 21.6 Å². The van der Waals surface area contributed by atoms with Crippen LogP contribution in [0.15, 0.2) is 84.1 Å². The van der Waals surface area contributed by atoms with Crippen LogP contribution in [0.25, 0.3) is 0 Å². The summed E-state index contributed by atoms with van der Waals surface area (Å²) < 4.78 is 13.5. The first kappa shape index (κ1) is 22.6. The molecule has 0 aliphatic heterocycles. The average molecular weight is 455 g/mol. The molecule has 0 unspecified atom stereocenters. The zero-order chi connectivity index (χ0) is 24.1. The summed E-state index contributed by atoms with van der Waals surface area (Å²) in [6.07, 6.45) is 3.04. The van der Waals surface area contributed by atoms with Gasteiger partial charge >= 0.3 is 0 Å². The molecule has 3 aromatic carbocycles. The Kier molecular flexibility index (Phi) is 6.59. The number of aryl methyl sites for hydroxylation is 1. The van der Waals surface area contributed by atoms with E-state index in [4.69, 9.17) is 5.73 Å². The van der Waals surface area contributed by atoms with Crippen molar-refractivity contribution in [3.8, 4) is 0 Å². The van der Waals surface area contributed by atoms with Crippen molar-refractivity contribution in [1.82, 2.24) is 9.97 Å². The summed E-state index contributed by atoms with van der Waals surface area (Å²) >= 11 is 0. The van der Waals surface area contributed by atoms with E-state index in [9.17, 15) is 9.18 Å². The maximum absolute atomic E-state index is 13.5. The number of carbonyl (C=O) groups is 1. The van der Waals surface area contributed by atoms with Gasteiger partial charge in [-0.3, -0.25) is 9.79 Å². The maximum Gasteiger partial charge on any atom is 0.256 e. The van der Waals surface area contributed by atoms with E-state index < -0.39 is 0 Å². The number of hydrogen-bond acceptors (Lipinski definition) is 6. The Morgan fingerprint density at radius 1 is 0.971 bits per heavy atom. The molecule has 7 nitrogen and oxygen atoms in total. The highest BCUT2D eigenvalue weighted by atomic mass is 19.1. The Bertz CT molecular complexity index is 1370. The summed E-state index contributed by atoms with van der Waals surface area (Å²) in [5.41, 5.74) is 10.8. The molecule has 1 heterocycles. The number of aliphatic imine (C=N–C) groups is 1. The number of aromatic nitrogens is 2. The van der Waals surface area contributed by atoms with Crippen molar-refractivity contribution in [2.75, 3.05) is 16.4 Å². The van der Waals surface area contributed by atoms with Gasteiger partial charge in [-0.25, -0.2) is 14.4 Å². The van der Waals surface area contributed by atoms with Crippen LogP contribution in [0.5, 0.6) is 0 Å². The standard InChI is InChI=1S/C26H23FN6O/c1-16-9-10-22(31-17(2)18-5-3-6-19(27)11-18)13-24(16)25(34)32-23-14-29-26(30-15-23)33-21-8-4-7-20(28)12-21/h3-15H,28H2,1-2H3,(H,32,34)(H,29,30,33). The molecule has 0 radical (unpaired) electrons. The van der Waals surface area contributed by atoms with E-state index in [-0.39, 0.29) is 11.7 Å². The van der Waals surface area contributed by atoms with Gasteiger partial charge in [0.15, 0.2) is 0 Å². The molecule has 0 aliphatic carbocycles. The van der Waals surface area contributed by atoms with Crippen molar-refractivity contribution in [2.45, 2.75) is 13.8 Å². The van der Waals surface area contributed by atoms with Gasteiger partial charge in [-0.1, -0.05) is 24.3 Å². The molecule has 4 aromatic rings. The van der Waals surface area contributed by atoms with Crippen LogP contribution in [0.1, 0.15) is 28.4 Å². The Balaban J connectivity index is 1.48. The molecule has 8 heteroatoms. The van der Waals surface area contributed by atoms with Crippen LogP contribution in [0, 0.1) is 12.7 Å². The first-order valence-corrected chi connectivity index (χ1v) is 10.6. The van der Waals surface area contributed by atoms with Crippen molar-refractivity contribution in [2.24, 2.45) is 4.99 Å². The molecule has 4 rings (SSSR count). The largest absolute Gasteiger partial charge is 0.399 e. The predicted octanol–water partition coefficient (Wildman–Crippen LogP) is 5.64. The van der Waals surface area contributed by atoms with E-state index >= 15 is 0 Å². The fraction of sp³-hybridized carbons (Fsp3) is 0.0769. The number of carbonyl (C=O) groups excluding carboxylic acids is 1. The summed E-state index contributed by atoms with van der Waals surface area (Å²) in [5.74, 6) is -0.255. The Labute approximate surface area is 196 Å². The second-order valence-electron chi connectivity index (χ2n) is 7.71. The van der Waals surface area contributed by atoms with Crippen LogP contribution >= 0.6 is 0 Å². The number of benzene rings is 3. The van der Waals surface area contributed by atoms with Gasteiger partial charge in [0.1, 0.15) is 5.82 Å². The third-order valence-corrected chi connectivity index (χ3v) is 5.06. The van der Waals surface area contributed by atoms with E-state index in [1.807, 2.05) is 31.2 Å². The summed E-state index contributed by atoms with van der Waals surface area (Å²) in [6.45, 7) is 3.64. The lowest BCUT2D eigenvalue weighted by Crippen LogP contribution is -2.14.